The summed E-state index contributed by atoms with van der Waals surface area (Å²) >= 11 is 0. The molecule has 1 aliphatic rings. The molecule has 1 heterocycles. The lowest BCUT2D eigenvalue weighted by atomic mass is 9.96. The molecular weight excluding hydrogens is 241 g/mol. The van der Waals surface area contributed by atoms with E-state index in [-0.39, 0.29) is 11.6 Å². The lowest BCUT2D eigenvalue weighted by molar-refractivity contribution is 0.103. The summed E-state index contributed by atoms with van der Waals surface area (Å²) in [6, 6.07) is 11.5. The Bertz CT molecular complexity index is 636. The largest absolute Gasteiger partial charge is 0.385 e. The number of nitrogens with one attached hydrogen (secondary N) is 1. The van der Waals surface area contributed by atoms with Crippen LogP contribution in [0.1, 0.15) is 27.9 Å². The first kappa shape index (κ1) is 11.9. The van der Waals surface area contributed by atoms with E-state index in [1.54, 1.807) is 18.2 Å². The molecule has 19 heavy (non-hydrogen) atoms. The van der Waals surface area contributed by atoms with Crippen molar-refractivity contribution in [2.75, 3.05) is 11.9 Å². The standard InChI is InChI=1S/C16H14FNO/c17-14-5-1-3-12(10-14)16(19)13-6-7-15-11(9-13)4-2-8-18-15/h1,3,5-7,9-10,18H,2,4,8H2. The molecule has 0 spiro atoms. The summed E-state index contributed by atoms with van der Waals surface area (Å²) in [4.78, 5) is 12.3. The summed E-state index contributed by atoms with van der Waals surface area (Å²) in [6.07, 6.45) is 2.05. The molecule has 2 nitrogen and oxygen atoms in total. The van der Waals surface area contributed by atoms with Crippen molar-refractivity contribution in [3.05, 3.63) is 65.0 Å². The second-order valence-electron chi connectivity index (χ2n) is 4.74. The Morgan fingerprint density at radius 2 is 1.95 bits per heavy atom. The summed E-state index contributed by atoms with van der Waals surface area (Å²) in [5.41, 5.74) is 3.27. The quantitative estimate of drug-likeness (QED) is 0.833. The Morgan fingerprint density at radius 1 is 1.11 bits per heavy atom. The van der Waals surface area contributed by atoms with Gasteiger partial charge in [0, 0.05) is 23.4 Å². The summed E-state index contributed by atoms with van der Waals surface area (Å²) < 4.78 is 13.2. The van der Waals surface area contributed by atoms with Gasteiger partial charge in [-0.15, -0.1) is 0 Å². The maximum Gasteiger partial charge on any atom is 0.193 e. The van der Waals surface area contributed by atoms with Crippen molar-refractivity contribution < 1.29 is 9.18 Å². The highest BCUT2D eigenvalue weighted by atomic mass is 19.1. The van der Waals surface area contributed by atoms with Gasteiger partial charge in [0.25, 0.3) is 0 Å². The van der Waals surface area contributed by atoms with Gasteiger partial charge in [-0.25, -0.2) is 4.39 Å². The molecule has 0 atom stereocenters. The minimum Gasteiger partial charge on any atom is -0.385 e. The average molecular weight is 255 g/mol. The minimum atomic E-state index is -0.384. The molecule has 0 bridgehead atoms. The van der Waals surface area contributed by atoms with Crippen LogP contribution in [0.4, 0.5) is 10.1 Å². The fraction of sp³-hybridized carbons (Fsp3) is 0.188. The number of fused-ring (bicyclic) bond motifs is 1. The average Bonchev–Trinajstić information content (AvgIpc) is 2.46. The van der Waals surface area contributed by atoms with Crippen molar-refractivity contribution in [1.82, 2.24) is 0 Å². The summed E-state index contributed by atoms with van der Waals surface area (Å²) in [5, 5.41) is 3.31. The second kappa shape index (κ2) is 4.84. The first-order chi connectivity index (χ1) is 9.24. The maximum atomic E-state index is 13.2. The van der Waals surface area contributed by atoms with Crippen LogP contribution in [-0.2, 0) is 6.42 Å². The summed E-state index contributed by atoms with van der Waals surface area (Å²) in [5.74, 6) is -0.515. The van der Waals surface area contributed by atoms with Crippen molar-refractivity contribution in [1.29, 1.82) is 0 Å². The number of hydrogen-bond donors (Lipinski definition) is 1. The van der Waals surface area contributed by atoms with E-state index < -0.39 is 0 Å². The fourth-order valence-corrected chi connectivity index (χ4v) is 2.41. The number of benzene rings is 2. The first-order valence-corrected chi connectivity index (χ1v) is 6.41. The lowest BCUT2D eigenvalue weighted by Crippen LogP contribution is -2.12. The predicted octanol–water partition coefficient (Wildman–Crippen LogP) is 3.41. The van der Waals surface area contributed by atoms with Gasteiger partial charge < -0.3 is 5.32 Å². The zero-order chi connectivity index (χ0) is 13.2. The third-order valence-corrected chi connectivity index (χ3v) is 3.39. The van der Waals surface area contributed by atoms with Crippen molar-refractivity contribution >= 4 is 11.5 Å². The number of hydrogen-bond acceptors (Lipinski definition) is 2. The molecule has 0 saturated heterocycles. The number of rotatable bonds is 2. The van der Waals surface area contributed by atoms with E-state index in [1.807, 2.05) is 12.1 Å². The van der Waals surface area contributed by atoms with Gasteiger partial charge in [0.15, 0.2) is 5.78 Å². The molecular formula is C16H14FNO. The van der Waals surface area contributed by atoms with Crippen LogP contribution in [0.2, 0.25) is 0 Å². The topological polar surface area (TPSA) is 29.1 Å². The molecule has 3 heteroatoms. The number of aryl methyl sites for hydroxylation is 1. The predicted molar refractivity (Wildman–Crippen MR) is 73.1 cm³/mol. The Balaban J connectivity index is 1.96. The van der Waals surface area contributed by atoms with E-state index in [9.17, 15) is 9.18 Å². The number of anilines is 1. The van der Waals surface area contributed by atoms with E-state index in [0.29, 0.717) is 11.1 Å². The third-order valence-electron chi connectivity index (χ3n) is 3.39. The summed E-state index contributed by atoms with van der Waals surface area (Å²) in [6.45, 7) is 0.976. The Kier molecular flexibility index (Phi) is 3.03. The van der Waals surface area contributed by atoms with Crippen LogP contribution in [0.25, 0.3) is 0 Å². The SMILES string of the molecule is O=C(c1cccc(F)c1)c1ccc2c(c1)CCCN2. The Hall–Kier alpha value is -2.16. The number of carbonyl (C=O) groups is 1. The van der Waals surface area contributed by atoms with Gasteiger partial charge in [0.1, 0.15) is 5.82 Å². The molecule has 0 unspecified atom stereocenters. The molecule has 0 fully saturated rings. The van der Waals surface area contributed by atoms with Crippen LogP contribution < -0.4 is 5.32 Å². The van der Waals surface area contributed by atoms with E-state index in [0.717, 1.165) is 30.6 Å². The molecule has 0 radical (unpaired) electrons. The third kappa shape index (κ3) is 2.36. The van der Waals surface area contributed by atoms with Gasteiger partial charge in [0.05, 0.1) is 0 Å². The smallest absolute Gasteiger partial charge is 0.193 e. The number of halogens is 1. The molecule has 0 aromatic heterocycles. The molecule has 2 aromatic carbocycles. The Morgan fingerprint density at radius 3 is 2.79 bits per heavy atom. The highest BCUT2D eigenvalue weighted by molar-refractivity contribution is 6.09. The van der Waals surface area contributed by atoms with Crippen LogP contribution in [0, 0.1) is 5.82 Å². The van der Waals surface area contributed by atoms with Gasteiger partial charge in [0.2, 0.25) is 0 Å². The van der Waals surface area contributed by atoms with E-state index in [2.05, 4.69) is 5.32 Å². The highest BCUT2D eigenvalue weighted by Crippen LogP contribution is 2.24. The molecule has 2 aromatic rings. The molecule has 3 rings (SSSR count). The minimum absolute atomic E-state index is 0.132. The zero-order valence-corrected chi connectivity index (χ0v) is 10.4. The van der Waals surface area contributed by atoms with Crippen molar-refractivity contribution in [2.24, 2.45) is 0 Å². The monoisotopic (exact) mass is 255 g/mol. The van der Waals surface area contributed by atoms with Crippen LogP contribution in [0.3, 0.4) is 0 Å². The van der Waals surface area contributed by atoms with E-state index >= 15 is 0 Å². The molecule has 0 aliphatic carbocycles. The van der Waals surface area contributed by atoms with Gasteiger partial charge in [-0.2, -0.15) is 0 Å². The molecule has 1 aliphatic heterocycles. The van der Waals surface area contributed by atoms with Crippen LogP contribution in [0.5, 0.6) is 0 Å². The molecule has 96 valence electrons. The number of carbonyl (C=O) groups excluding carboxylic acids is 1. The summed E-state index contributed by atoms with van der Waals surface area (Å²) in [7, 11) is 0. The van der Waals surface area contributed by atoms with E-state index in [4.69, 9.17) is 0 Å². The van der Waals surface area contributed by atoms with Crippen molar-refractivity contribution in [3.63, 3.8) is 0 Å². The lowest BCUT2D eigenvalue weighted by Gasteiger charge is -2.18. The van der Waals surface area contributed by atoms with Crippen LogP contribution >= 0.6 is 0 Å². The number of ketones is 1. The first-order valence-electron chi connectivity index (χ1n) is 6.41. The van der Waals surface area contributed by atoms with E-state index in [1.165, 1.54) is 12.1 Å². The van der Waals surface area contributed by atoms with Crippen LogP contribution in [0.15, 0.2) is 42.5 Å². The van der Waals surface area contributed by atoms with Crippen LogP contribution in [-0.4, -0.2) is 12.3 Å². The van der Waals surface area contributed by atoms with Gasteiger partial charge in [-0.1, -0.05) is 12.1 Å². The van der Waals surface area contributed by atoms with Gasteiger partial charge in [-0.05, 0) is 48.7 Å². The maximum absolute atomic E-state index is 13.2. The van der Waals surface area contributed by atoms with Crippen molar-refractivity contribution in [2.45, 2.75) is 12.8 Å². The zero-order valence-electron chi connectivity index (χ0n) is 10.4. The van der Waals surface area contributed by atoms with Crippen molar-refractivity contribution in [3.8, 4) is 0 Å². The van der Waals surface area contributed by atoms with Gasteiger partial charge >= 0.3 is 0 Å². The van der Waals surface area contributed by atoms with Gasteiger partial charge in [-0.3, -0.25) is 4.79 Å². The molecule has 0 amide bonds. The highest BCUT2D eigenvalue weighted by Gasteiger charge is 2.14. The second-order valence-corrected chi connectivity index (χ2v) is 4.74. The Labute approximate surface area is 111 Å². The normalized spacial score (nSPS) is 13.5. The molecule has 1 N–H and O–H groups in total. The fourth-order valence-electron chi connectivity index (χ4n) is 2.41. The molecule has 0 saturated carbocycles.